The number of nitrogens with zero attached hydrogens (tertiary/aromatic N) is 5. The lowest BCUT2D eigenvalue weighted by atomic mass is 9.95. The molecule has 0 saturated heterocycles. The van der Waals surface area contributed by atoms with E-state index in [1.807, 2.05) is 54.6 Å². The molecule has 0 aliphatic heterocycles. The summed E-state index contributed by atoms with van der Waals surface area (Å²) in [5, 5.41) is 6.35. The van der Waals surface area contributed by atoms with Crippen LogP contribution in [0, 0.1) is 0 Å². The van der Waals surface area contributed by atoms with Gasteiger partial charge in [-0.3, -0.25) is 4.98 Å². The van der Waals surface area contributed by atoms with E-state index in [1.165, 1.54) is 10.8 Å². The second-order valence-electron chi connectivity index (χ2n) is 14.2. The van der Waals surface area contributed by atoms with Crippen LogP contribution in [-0.2, 0) is 0 Å². The molecule has 12 rings (SSSR count). The van der Waals surface area contributed by atoms with Crippen LogP contribution in [0.2, 0.25) is 0 Å². The van der Waals surface area contributed by atoms with Crippen LogP contribution in [0.15, 0.2) is 185 Å². The zero-order valence-corrected chi connectivity index (χ0v) is 30.3. The molecule has 0 aliphatic rings. The molecule has 12 aromatic rings. The minimum Gasteiger partial charge on any atom is -0.456 e. The summed E-state index contributed by atoms with van der Waals surface area (Å²) in [6.45, 7) is 0. The summed E-state index contributed by atoms with van der Waals surface area (Å²) in [5.74, 6) is 1.65. The Morgan fingerprint density at radius 3 is 1.60 bits per heavy atom. The van der Waals surface area contributed by atoms with Crippen LogP contribution in [0.4, 0.5) is 0 Å². The second kappa shape index (κ2) is 12.3. The van der Waals surface area contributed by atoms with E-state index >= 15 is 0 Å². The molecule has 5 heterocycles. The molecule has 5 aromatic heterocycles. The summed E-state index contributed by atoms with van der Waals surface area (Å²) < 4.78 is 14.9. The van der Waals surface area contributed by atoms with Gasteiger partial charge in [0, 0.05) is 55.2 Å². The van der Waals surface area contributed by atoms with Crippen molar-refractivity contribution in [2.24, 2.45) is 0 Å². The lowest BCUT2D eigenvalue weighted by molar-refractivity contribution is 0.667. The van der Waals surface area contributed by atoms with E-state index in [-0.39, 0.29) is 0 Å². The predicted octanol–water partition coefficient (Wildman–Crippen LogP) is 12.8. The lowest BCUT2D eigenvalue weighted by Crippen LogP contribution is -2.04. The Balaban J connectivity index is 1.16. The molecular formula is C50H29N5O2. The van der Waals surface area contributed by atoms with Gasteiger partial charge in [-0.25, -0.2) is 15.0 Å². The average molecular weight is 732 g/mol. The molecule has 0 unspecified atom stereocenters. The maximum atomic E-state index is 6.34. The van der Waals surface area contributed by atoms with Crippen molar-refractivity contribution in [3.63, 3.8) is 0 Å². The van der Waals surface area contributed by atoms with Crippen molar-refractivity contribution in [2.45, 2.75) is 0 Å². The summed E-state index contributed by atoms with van der Waals surface area (Å²) in [5.41, 5.74) is 10.9. The maximum Gasteiger partial charge on any atom is 0.166 e. The van der Waals surface area contributed by atoms with Gasteiger partial charge in [-0.15, -0.1) is 0 Å². The van der Waals surface area contributed by atoms with Gasteiger partial charge in [-0.2, -0.15) is 0 Å². The van der Waals surface area contributed by atoms with Gasteiger partial charge in [-0.05, 0) is 59.7 Å². The molecule has 0 radical (unpaired) electrons. The number of pyridine rings is 1. The van der Waals surface area contributed by atoms with Gasteiger partial charge in [0.1, 0.15) is 16.7 Å². The van der Waals surface area contributed by atoms with E-state index in [4.69, 9.17) is 23.8 Å². The average Bonchev–Trinajstić information content (AvgIpc) is 3.96. The van der Waals surface area contributed by atoms with Crippen molar-refractivity contribution in [1.82, 2.24) is 24.5 Å². The molecule has 0 amide bonds. The van der Waals surface area contributed by atoms with Gasteiger partial charge >= 0.3 is 0 Å². The second-order valence-corrected chi connectivity index (χ2v) is 14.2. The van der Waals surface area contributed by atoms with E-state index in [2.05, 4.69) is 119 Å². The highest BCUT2D eigenvalue weighted by Crippen LogP contribution is 2.42. The maximum absolute atomic E-state index is 6.34. The molecule has 7 nitrogen and oxygen atoms in total. The molecular weight excluding hydrogens is 703 g/mol. The monoisotopic (exact) mass is 731 g/mol. The van der Waals surface area contributed by atoms with Crippen LogP contribution in [-0.4, -0.2) is 24.5 Å². The van der Waals surface area contributed by atoms with E-state index in [1.54, 1.807) is 12.4 Å². The van der Waals surface area contributed by atoms with Gasteiger partial charge in [0.25, 0.3) is 0 Å². The fourth-order valence-corrected chi connectivity index (χ4v) is 8.56. The minimum absolute atomic E-state index is 0.541. The molecule has 7 heteroatoms. The topological polar surface area (TPSA) is 82.8 Å². The summed E-state index contributed by atoms with van der Waals surface area (Å²) in [6.07, 6.45) is 3.54. The molecule has 7 aromatic carbocycles. The van der Waals surface area contributed by atoms with E-state index in [0.29, 0.717) is 23.1 Å². The van der Waals surface area contributed by atoms with Crippen molar-refractivity contribution >= 4 is 65.7 Å². The Kier molecular flexibility index (Phi) is 6.79. The van der Waals surface area contributed by atoms with Gasteiger partial charge in [0.15, 0.2) is 23.1 Å². The summed E-state index contributed by atoms with van der Waals surface area (Å²) in [7, 11) is 0. The Morgan fingerprint density at radius 1 is 0.351 bits per heavy atom. The molecule has 0 fully saturated rings. The van der Waals surface area contributed by atoms with E-state index in [9.17, 15) is 0 Å². The Morgan fingerprint density at radius 2 is 0.842 bits per heavy atom. The number of para-hydroxylation sites is 4. The van der Waals surface area contributed by atoms with Crippen LogP contribution >= 0.6 is 0 Å². The number of benzene rings is 7. The van der Waals surface area contributed by atoms with E-state index in [0.717, 1.165) is 82.8 Å². The predicted molar refractivity (Wildman–Crippen MR) is 228 cm³/mol. The van der Waals surface area contributed by atoms with Crippen molar-refractivity contribution in [3.05, 3.63) is 176 Å². The summed E-state index contributed by atoms with van der Waals surface area (Å²) in [4.78, 5) is 20.4. The highest BCUT2D eigenvalue weighted by atomic mass is 16.3. The Labute approximate surface area is 325 Å². The van der Waals surface area contributed by atoms with Crippen molar-refractivity contribution in [1.29, 1.82) is 0 Å². The first-order chi connectivity index (χ1) is 28.3. The Bertz CT molecular complexity index is 3500. The molecule has 0 bridgehead atoms. The number of fused-ring (bicyclic) bond motifs is 9. The molecule has 0 saturated carbocycles. The van der Waals surface area contributed by atoms with Crippen LogP contribution < -0.4 is 0 Å². The first kappa shape index (κ1) is 31.5. The standard InChI is InChI=1S/C50H29N5O2/c1-2-16-34(30(13-1)33-19-11-25-43-46(33)36-18-6-10-24-42(36)56-43)48-52-49(54-50(53-48)38-20-12-26-44-47(38)37-27-28-51-29-45(37)57-44)35-17-5-9-23-41(35)55-39-21-7-3-14-31(39)32-15-4-8-22-40(32)55/h1-29H. The number of hydrogen-bond acceptors (Lipinski definition) is 6. The normalized spacial score (nSPS) is 11.9. The zero-order valence-electron chi connectivity index (χ0n) is 30.3. The van der Waals surface area contributed by atoms with Crippen molar-refractivity contribution < 1.29 is 8.83 Å². The van der Waals surface area contributed by atoms with Crippen molar-refractivity contribution in [3.8, 4) is 51.0 Å². The lowest BCUT2D eigenvalue weighted by Gasteiger charge is -2.16. The fourth-order valence-electron chi connectivity index (χ4n) is 8.56. The van der Waals surface area contributed by atoms with Gasteiger partial charge in [-0.1, -0.05) is 115 Å². The van der Waals surface area contributed by atoms with Crippen LogP contribution in [0.5, 0.6) is 0 Å². The minimum atomic E-state index is 0.541. The fraction of sp³-hybridized carbons (Fsp3) is 0. The van der Waals surface area contributed by atoms with E-state index < -0.39 is 0 Å². The molecule has 57 heavy (non-hydrogen) atoms. The molecule has 266 valence electrons. The number of aromatic nitrogens is 5. The number of hydrogen-bond donors (Lipinski definition) is 0. The summed E-state index contributed by atoms with van der Waals surface area (Å²) in [6, 6.07) is 56.2. The van der Waals surface area contributed by atoms with Crippen LogP contribution in [0.25, 0.3) is 117 Å². The third-order valence-corrected chi connectivity index (χ3v) is 11.0. The van der Waals surface area contributed by atoms with Crippen LogP contribution in [0.3, 0.4) is 0 Å². The molecule has 0 N–H and O–H groups in total. The smallest absolute Gasteiger partial charge is 0.166 e. The highest BCUT2D eigenvalue weighted by Gasteiger charge is 2.23. The van der Waals surface area contributed by atoms with Crippen molar-refractivity contribution in [2.75, 3.05) is 0 Å². The third kappa shape index (κ3) is 4.79. The SMILES string of the molecule is c1ccc(-c2cccc3oc4ccccc4c23)c(-c2nc(-c3ccccc3-n3c4ccccc4c4ccccc43)nc(-c3cccc4oc5cnccc5c34)n2)c1. The van der Waals surface area contributed by atoms with Gasteiger partial charge in [0.05, 0.1) is 22.9 Å². The van der Waals surface area contributed by atoms with Gasteiger partial charge < -0.3 is 13.4 Å². The highest BCUT2D eigenvalue weighted by molar-refractivity contribution is 6.14. The summed E-state index contributed by atoms with van der Waals surface area (Å²) >= 11 is 0. The van der Waals surface area contributed by atoms with Crippen LogP contribution in [0.1, 0.15) is 0 Å². The molecule has 0 aliphatic carbocycles. The zero-order chi connectivity index (χ0) is 37.5. The third-order valence-electron chi connectivity index (χ3n) is 11.0. The first-order valence-corrected chi connectivity index (χ1v) is 18.9. The number of furan rings is 2. The first-order valence-electron chi connectivity index (χ1n) is 18.9. The molecule has 0 spiro atoms. The quantitative estimate of drug-likeness (QED) is 0.175. The number of rotatable bonds is 5. The van der Waals surface area contributed by atoms with Gasteiger partial charge in [0.2, 0.25) is 0 Å². The Hall–Kier alpha value is -7.90. The molecule has 0 atom stereocenters. The largest absolute Gasteiger partial charge is 0.456 e.